The summed E-state index contributed by atoms with van der Waals surface area (Å²) in [5.74, 6) is 0. The molecule has 89 heavy (non-hydrogen) atoms. The van der Waals surface area contributed by atoms with Crippen molar-refractivity contribution in [1.29, 1.82) is 0 Å². The van der Waals surface area contributed by atoms with E-state index in [0.717, 1.165) is 117 Å². The summed E-state index contributed by atoms with van der Waals surface area (Å²) < 4.78 is 52.8. The molecule has 0 radical (unpaired) electrons. The molecule has 2 aliphatic heterocycles. The number of benzene rings is 11. The molecule has 13 aromatic rings. The van der Waals surface area contributed by atoms with Crippen LogP contribution < -0.4 is 40.8 Å². The zero-order valence-corrected chi connectivity index (χ0v) is 52.9. The molecule has 2 aromatic heterocycles. The average molecular weight is 1200 g/mol. The number of para-hydroxylation sites is 4. The second-order valence-corrected chi connectivity index (χ2v) is 31.9. The van der Waals surface area contributed by atoms with Crippen LogP contribution in [0.15, 0.2) is 253 Å². The molecule has 436 valence electrons. The third-order valence-corrected chi connectivity index (χ3v) is 23.2. The van der Waals surface area contributed by atoms with E-state index in [2.05, 4.69) is 282 Å². The van der Waals surface area contributed by atoms with Gasteiger partial charge in [-0.25, -0.2) is 0 Å². The number of anilines is 9. The van der Waals surface area contributed by atoms with Crippen LogP contribution in [0.4, 0.5) is 64.4 Å². The smallest absolute Gasteiger partial charge is 0.416 e. The highest BCUT2D eigenvalue weighted by molar-refractivity contribution is 7.33. The van der Waals surface area contributed by atoms with Crippen LogP contribution >= 0.6 is 11.3 Å². The number of hydrogen-bond donors (Lipinski definition) is 0. The fourth-order valence-corrected chi connectivity index (χ4v) is 17.3. The van der Waals surface area contributed by atoms with Gasteiger partial charge >= 0.3 is 6.18 Å². The molecule has 0 unspecified atom stereocenters. The first-order chi connectivity index (χ1) is 42.8. The van der Waals surface area contributed by atoms with Gasteiger partial charge in [0.25, 0.3) is 6.71 Å². The molecule has 4 nitrogen and oxygen atoms in total. The van der Waals surface area contributed by atoms with Gasteiger partial charge < -0.3 is 19.1 Å². The van der Waals surface area contributed by atoms with Gasteiger partial charge in [-0.1, -0.05) is 241 Å². The molecule has 0 fully saturated rings. The lowest BCUT2D eigenvalue weighted by atomic mass is 9.36. The molecule has 0 atom stereocenters. The summed E-state index contributed by atoms with van der Waals surface area (Å²) in [5.41, 5.74) is 18.9. The summed E-state index contributed by atoms with van der Waals surface area (Å²) in [6.45, 7) is 17.9. The normalized spacial score (nSPS) is 13.3. The zero-order valence-electron chi connectivity index (χ0n) is 51.0. The van der Waals surface area contributed by atoms with Gasteiger partial charge in [-0.05, 0) is 117 Å². The van der Waals surface area contributed by atoms with E-state index in [-0.39, 0.29) is 17.5 Å². The molecule has 15 rings (SSSR count). The van der Waals surface area contributed by atoms with Crippen LogP contribution in [-0.4, -0.2) is 14.8 Å². The second kappa shape index (κ2) is 20.9. The van der Waals surface area contributed by atoms with E-state index >= 15 is 0 Å². The van der Waals surface area contributed by atoms with Crippen molar-refractivity contribution in [1.82, 2.24) is 0 Å². The number of rotatable bonds is 9. The molecule has 2 aliphatic rings. The molecule has 0 saturated carbocycles. The third-order valence-electron chi connectivity index (χ3n) is 18.5. The largest absolute Gasteiger partial charge is 0.454 e. The Kier molecular flexibility index (Phi) is 13.2. The quantitative estimate of drug-likeness (QED) is 0.134. The van der Waals surface area contributed by atoms with Crippen LogP contribution in [0, 0.1) is 0 Å². The predicted octanol–water partition coefficient (Wildman–Crippen LogP) is 20.1. The summed E-state index contributed by atoms with van der Waals surface area (Å²) in [6, 6.07) is 87.4. The maximum absolute atomic E-state index is 14.4. The third kappa shape index (κ3) is 9.41. The van der Waals surface area contributed by atoms with Crippen molar-refractivity contribution in [3.8, 4) is 22.3 Å². The lowest BCUT2D eigenvalue weighted by Gasteiger charge is -2.44. The second-order valence-electron chi connectivity index (χ2n) is 26.4. The van der Waals surface area contributed by atoms with Gasteiger partial charge in [0.15, 0.2) is 5.58 Å². The van der Waals surface area contributed by atoms with Crippen molar-refractivity contribution < 1.29 is 17.6 Å². The molecule has 0 aliphatic carbocycles. The van der Waals surface area contributed by atoms with Crippen LogP contribution in [0.1, 0.15) is 58.2 Å². The maximum Gasteiger partial charge on any atom is 0.416 e. The van der Waals surface area contributed by atoms with E-state index in [1.54, 1.807) is 12.1 Å². The SMILES string of the molecule is CC(C)(C)c1ccc(N2c3cc([Si](C)(C)c4ccc(C(F)(F)F)cc4)cc4c3B(c3ccc(N(c5ccccc5-c5ccccc5)c5ccccc5-c5ccccc5)cc3N4c3cccc4c3oc3ccccc34)c3sc4ccc(C(C)(C)C)cc4c32)cc1. The molecule has 4 heterocycles. The Balaban J connectivity index is 1.08. The fraction of sp³-hybridized carbons (Fsp3) is 0.139. The van der Waals surface area contributed by atoms with Crippen molar-refractivity contribution in [2.45, 2.75) is 71.6 Å². The van der Waals surface area contributed by atoms with Crippen molar-refractivity contribution >= 4 is 135 Å². The molecule has 10 heteroatoms. The van der Waals surface area contributed by atoms with Crippen molar-refractivity contribution in [3.05, 3.63) is 265 Å². The van der Waals surface area contributed by atoms with Crippen LogP contribution in [0.5, 0.6) is 0 Å². The van der Waals surface area contributed by atoms with E-state index in [0.29, 0.717) is 0 Å². The van der Waals surface area contributed by atoms with Crippen LogP contribution in [0.3, 0.4) is 0 Å². The lowest BCUT2D eigenvalue weighted by molar-refractivity contribution is -0.137. The van der Waals surface area contributed by atoms with Crippen molar-refractivity contribution in [2.24, 2.45) is 0 Å². The van der Waals surface area contributed by atoms with Gasteiger partial charge in [-0.15, -0.1) is 11.3 Å². The van der Waals surface area contributed by atoms with Crippen molar-refractivity contribution in [2.75, 3.05) is 14.7 Å². The Morgan fingerprint density at radius 3 is 1.65 bits per heavy atom. The summed E-state index contributed by atoms with van der Waals surface area (Å²) >= 11 is 1.87. The van der Waals surface area contributed by atoms with E-state index < -0.39 is 19.8 Å². The number of halogens is 3. The van der Waals surface area contributed by atoms with Gasteiger partial charge in [0, 0.05) is 65.2 Å². The highest BCUT2D eigenvalue weighted by Crippen LogP contribution is 2.52. The number of nitrogens with zero attached hydrogens (tertiary/aromatic N) is 3. The predicted molar refractivity (Wildman–Crippen MR) is 374 cm³/mol. The molecular weight excluding hydrogens is 1130 g/mol. The Hall–Kier alpha value is -9.35. The van der Waals surface area contributed by atoms with Gasteiger partial charge in [-0.3, -0.25) is 0 Å². The molecule has 0 spiro atoms. The highest BCUT2D eigenvalue weighted by atomic mass is 32.1. The Morgan fingerprint density at radius 2 is 1.02 bits per heavy atom. The van der Waals surface area contributed by atoms with Crippen LogP contribution in [0.25, 0.3) is 54.3 Å². The lowest BCUT2D eigenvalue weighted by Crippen LogP contribution is -2.62. The van der Waals surface area contributed by atoms with Crippen LogP contribution in [-0.2, 0) is 17.0 Å². The minimum atomic E-state index is -4.47. The summed E-state index contributed by atoms with van der Waals surface area (Å²) in [6.07, 6.45) is -4.47. The van der Waals surface area contributed by atoms with Crippen molar-refractivity contribution in [3.63, 3.8) is 0 Å². The Bertz CT molecular complexity index is 4820. The first-order valence-electron chi connectivity index (χ1n) is 30.6. The van der Waals surface area contributed by atoms with Gasteiger partial charge in [0.05, 0.1) is 28.3 Å². The van der Waals surface area contributed by atoms with E-state index in [1.165, 1.54) is 38.1 Å². The minimum absolute atomic E-state index is 0.0900. The summed E-state index contributed by atoms with van der Waals surface area (Å²) in [5, 5.41) is 5.19. The number of thiophene rings is 1. The van der Waals surface area contributed by atoms with Gasteiger partial charge in [0.1, 0.15) is 13.7 Å². The Labute approximate surface area is 523 Å². The van der Waals surface area contributed by atoms with E-state index in [9.17, 15) is 13.2 Å². The monoisotopic (exact) mass is 1200 g/mol. The van der Waals surface area contributed by atoms with Gasteiger partial charge in [0.2, 0.25) is 0 Å². The topological polar surface area (TPSA) is 22.9 Å². The molecule has 0 saturated heterocycles. The fourth-order valence-electron chi connectivity index (χ4n) is 13.7. The number of hydrogen-bond acceptors (Lipinski definition) is 5. The van der Waals surface area contributed by atoms with E-state index in [4.69, 9.17) is 4.42 Å². The number of alkyl halides is 3. The molecule has 0 N–H and O–H groups in total. The number of furan rings is 1. The maximum atomic E-state index is 14.4. The first kappa shape index (κ1) is 56.2. The molecule has 0 amide bonds. The average Bonchev–Trinajstić information content (AvgIpc) is 1.68. The zero-order chi connectivity index (χ0) is 61.3. The molecule has 0 bridgehead atoms. The Morgan fingerprint density at radius 1 is 0.461 bits per heavy atom. The minimum Gasteiger partial charge on any atom is -0.454 e. The van der Waals surface area contributed by atoms with E-state index in [1.807, 2.05) is 23.5 Å². The number of fused-ring (bicyclic) bond motifs is 9. The van der Waals surface area contributed by atoms with Gasteiger partial charge in [-0.2, -0.15) is 13.2 Å². The standard InChI is InChI=1S/C79H65BF3N3OSSi/c1-77(2,3)52-34-39-55(40-35-52)85-69-48-58(89(7,8)57-42-36-53(37-43-57)79(81,82)83)49-70-73(69)80(76-74(85)63-46-54(78(4,5)6)38-45-72(63)88-76)64-44-41-56(47-68(64)86(70)67-32-21-29-62-61-28-17-20-33-71(61)87-75(62)67)84(65-30-18-15-26-59(65)50-22-11-9-12-23-50)66-31-19-16-27-60(66)51-24-13-10-14-25-51/h9-49H,1-8H3. The summed E-state index contributed by atoms with van der Waals surface area (Å²) in [7, 11) is -2.92. The first-order valence-corrected chi connectivity index (χ1v) is 34.4. The molecular formula is C79H65BF3N3OSSi. The van der Waals surface area contributed by atoms with Crippen LogP contribution in [0.2, 0.25) is 13.1 Å². The molecule has 11 aromatic carbocycles. The summed E-state index contributed by atoms with van der Waals surface area (Å²) in [4.78, 5) is 7.41. The highest BCUT2D eigenvalue weighted by Gasteiger charge is 2.47.